The number of hydrogen-bond acceptors (Lipinski definition) is 2. The number of amides is 2. The maximum absolute atomic E-state index is 13.0. The highest BCUT2D eigenvalue weighted by molar-refractivity contribution is 5.74. The lowest BCUT2D eigenvalue weighted by molar-refractivity contribution is -0.138. The molecule has 2 rings (SSSR count). The van der Waals surface area contributed by atoms with E-state index in [-0.39, 0.29) is 18.0 Å². The van der Waals surface area contributed by atoms with Crippen LogP contribution in [0.5, 0.6) is 0 Å². The zero-order valence-corrected chi connectivity index (χ0v) is 13.1. The van der Waals surface area contributed by atoms with Gasteiger partial charge in [-0.05, 0) is 37.3 Å². The van der Waals surface area contributed by atoms with Gasteiger partial charge in [0, 0.05) is 13.6 Å². The Balaban J connectivity index is 2.01. The lowest BCUT2D eigenvalue weighted by atomic mass is 10.0. The molecule has 1 saturated carbocycles. The molecule has 1 fully saturated rings. The maximum atomic E-state index is 13.0. The number of nitrogens with one attached hydrogen (secondary N) is 1. The van der Waals surface area contributed by atoms with Crippen molar-refractivity contribution in [1.29, 1.82) is 0 Å². The molecule has 0 unspecified atom stereocenters. The third kappa shape index (κ3) is 4.60. The predicted octanol–water partition coefficient (Wildman–Crippen LogP) is 3.18. The number of hydrogen-bond donors (Lipinski definition) is 2. The fourth-order valence-electron chi connectivity index (χ4n) is 2.50. The number of aliphatic hydroxyl groups excluding tert-OH is 1. The van der Waals surface area contributed by atoms with Crippen molar-refractivity contribution in [3.63, 3.8) is 0 Å². The van der Waals surface area contributed by atoms with Crippen molar-refractivity contribution < 1.29 is 23.1 Å². The lowest BCUT2D eigenvalue weighted by Crippen LogP contribution is -2.42. The predicted molar refractivity (Wildman–Crippen MR) is 79.8 cm³/mol. The van der Waals surface area contributed by atoms with Crippen LogP contribution < -0.4 is 5.32 Å². The molecule has 2 N–H and O–H groups in total. The molecule has 4 nitrogen and oxygen atoms in total. The van der Waals surface area contributed by atoms with Gasteiger partial charge >= 0.3 is 12.2 Å². The Kier molecular flexibility index (Phi) is 5.19. The number of likely N-dealkylation sites (N-methyl/N-ethyl adjacent to an activating group) is 1. The van der Waals surface area contributed by atoms with Gasteiger partial charge in [0.05, 0.1) is 17.7 Å². The summed E-state index contributed by atoms with van der Waals surface area (Å²) in [6, 6.07) is 3.88. The fraction of sp³-hybridized carbons (Fsp3) is 0.562. The molecule has 23 heavy (non-hydrogen) atoms. The van der Waals surface area contributed by atoms with E-state index in [1.54, 1.807) is 0 Å². The minimum absolute atomic E-state index is 0.0180. The number of rotatable bonds is 5. The Hall–Kier alpha value is -1.76. The number of halogens is 3. The van der Waals surface area contributed by atoms with Gasteiger partial charge < -0.3 is 15.3 Å². The molecule has 0 spiro atoms. The van der Waals surface area contributed by atoms with Crippen LogP contribution in [-0.2, 0) is 6.18 Å². The molecule has 128 valence electrons. The third-order valence-corrected chi connectivity index (χ3v) is 4.05. The highest BCUT2D eigenvalue weighted by atomic mass is 19.4. The van der Waals surface area contributed by atoms with Crippen LogP contribution in [0.1, 0.15) is 36.9 Å². The Morgan fingerprint density at radius 1 is 1.39 bits per heavy atom. The number of alkyl halides is 3. The summed E-state index contributed by atoms with van der Waals surface area (Å²) in [5, 5.41) is 12.4. The van der Waals surface area contributed by atoms with E-state index < -0.39 is 29.9 Å². The molecule has 1 aromatic carbocycles. The molecule has 0 bridgehead atoms. The first-order valence-electron chi connectivity index (χ1n) is 7.56. The summed E-state index contributed by atoms with van der Waals surface area (Å²) in [4.78, 5) is 13.4. The van der Waals surface area contributed by atoms with Gasteiger partial charge in [0.2, 0.25) is 0 Å². The van der Waals surface area contributed by atoms with Crippen LogP contribution in [0.25, 0.3) is 0 Å². The molecule has 0 radical (unpaired) electrons. The average Bonchev–Trinajstić information content (AvgIpc) is 3.30. The number of urea groups is 1. The summed E-state index contributed by atoms with van der Waals surface area (Å²) in [5.74, 6) is 0.230. The zero-order valence-electron chi connectivity index (χ0n) is 13.1. The van der Waals surface area contributed by atoms with Gasteiger partial charge in [-0.15, -0.1) is 0 Å². The second kappa shape index (κ2) is 6.78. The Bertz CT molecular complexity index is 559. The van der Waals surface area contributed by atoms with E-state index in [1.807, 2.05) is 0 Å². The number of aliphatic hydroxyl groups is 1. The molecule has 0 aliphatic heterocycles. The van der Waals surface area contributed by atoms with Crippen LogP contribution in [0.3, 0.4) is 0 Å². The van der Waals surface area contributed by atoms with Crippen molar-refractivity contribution >= 4 is 6.03 Å². The SMILES string of the molecule is C[C@@H](NC(=O)N(C)C[C@H](O)C1CC1)c1ccccc1C(F)(F)F. The molecule has 7 heteroatoms. The molecule has 1 aromatic rings. The molecule has 0 saturated heterocycles. The molecule has 0 heterocycles. The first-order valence-corrected chi connectivity index (χ1v) is 7.56. The Morgan fingerprint density at radius 2 is 2.00 bits per heavy atom. The molecular formula is C16H21F3N2O2. The summed E-state index contributed by atoms with van der Waals surface area (Å²) in [5.41, 5.74) is -0.738. The fourth-order valence-corrected chi connectivity index (χ4v) is 2.50. The van der Waals surface area contributed by atoms with E-state index in [9.17, 15) is 23.1 Å². The van der Waals surface area contributed by atoms with Gasteiger partial charge in [0.25, 0.3) is 0 Å². The van der Waals surface area contributed by atoms with Crippen molar-refractivity contribution in [3.8, 4) is 0 Å². The maximum Gasteiger partial charge on any atom is 0.416 e. The van der Waals surface area contributed by atoms with Crippen molar-refractivity contribution in [2.24, 2.45) is 5.92 Å². The van der Waals surface area contributed by atoms with Gasteiger partial charge in [0.15, 0.2) is 0 Å². The molecule has 2 atom stereocenters. The first kappa shape index (κ1) is 17.6. The number of carbonyl (C=O) groups is 1. The van der Waals surface area contributed by atoms with Crippen molar-refractivity contribution in [2.75, 3.05) is 13.6 Å². The largest absolute Gasteiger partial charge is 0.416 e. The van der Waals surface area contributed by atoms with E-state index in [0.717, 1.165) is 18.9 Å². The van der Waals surface area contributed by atoms with E-state index in [0.29, 0.717) is 0 Å². The second-order valence-electron chi connectivity index (χ2n) is 6.04. The Morgan fingerprint density at radius 3 is 2.57 bits per heavy atom. The molecule has 2 amide bonds. The molecule has 1 aliphatic carbocycles. The highest BCUT2D eigenvalue weighted by Gasteiger charge is 2.35. The standard InChI is InChI=1S/C16H21F3N2O2/c1-10(12-5-3-4-6-13(12)16(17,18)19)20-15(23)21(2)9-14(22)11-7-8-11/h3-6,10-11,14,22H,7-9H2,1-2H3,(H,20,23)/t10-,14+/m1/s1. The summed E-state index contributed by atoms with van der Waals surface area (Å²) in [6.07, 6.45) is -3.15. The van der Waals surface area contributed by atoms with E-state index in [1.165, 1.54) is 37.1 Å². The average molecular weight is 330 g/mol. The van der Waals surface area contributed by atoms with Gasteiger partial charge in [0.1, 0.15) is 0 Å². The lowest BCUT2D eigenvalue weighted by Gasteiger charge is -2.25. The summed E-state index contributed by atoms with van der Waals surface area (Å²) in [7, 11) is 1.52. The van der Waals surface area contributed by atoms with E-state index in [2.05, 4.69) is 5.32 Å². The number of nitrogens with zero attached hydrogens (tertiary/aromatic N) is 1. The minimum atomic E-state index is -4.47. The number of benzene rings is 1. The molecular weight excluding hydrogens is 309 g/mol. The van der Waals surface area contributed by atoms with Gasteiger partial charge in [-0.2, -0.15) is 13.2 Å². The van der Waals surface area contributed by atoms with Crippen LogP contribution in [-0.4, -0.2) is 35.7 Å². The van der Waals surface area contributed by atoms with Crippen molar-refractivity contribution in [2.45, 2.75) is 38.1 Å². The topological polar surface area (TPSA) is 52.6 Å². The van der Waals surface area contributed by atoms with E-state index >= 15 is 0 Å². The van der Waals surface area contributed by atoms with Crippen LogP contribution in [0.2, 0.25) is 0 Å². The zero-order chi connectivity index (χ0) is 17.2. The van der Waals surface area contributed by atoms with Crippen molar-refractivity contribution in [1.82, 2.24) is 10.2 Å². The Labute approximate surface area is 133 Å². The quantitative estimate of drug-likeness (QED) is 0.871. The van der Waals surface area contributed by atoms with Gasteiger partial charge in [-0.25, -0.2) is 4.79 Å². The van der Waals surface area contributed by atoms with Crippen LogP contribution >= 0.6 is 0 Å². The van der Waals surface area contributed by atoms with Gasteiger partial charge in [-0.3, -0.25) is 0 Å². The first-order chi connectivity index (χ1) is 10.7. The monoisotopic (exact) mass is 330 g/mol. The minimum Gasteiger partial charge on any atom is -0.391 e. The van der Waals surface area contributed by atoms with Crippen LogP contribution in [0.15, 0.2) is 24.3 Å². The summed E-state index contributed by atoms with van der Waals surface area (Å²) in [6.45, 7) is 1.68. The van der Waals surface area contributed by atoms with Crippen LogP contribution in [0.4, 0.5) is 18.0 Å². The number of carbonyl (C=O) groups excluding carboxylic acids is 1. The van der Waals surface area contributed by atoms with Crippen molar-refractivity contribution in [3.05, 3.63) is 35.4 Å². The highest BCUT2D eigenvalue weighted by Crippen LogP contribution is 2.34. The summed E-state index contributed by atoms with van der Waals surface area (Å²) >= 11 is 0. The third-order valence-electron chi connectivity index (χ3n) is 4.05. The smallest absolute Gasteiger partial charge is 0.391 e. The van der Waals surface area contributed by atoms with Gasteiger partial charge in [-0.1, -0.05) is 18.2 Å². The van der Waals surface area contributed by atoms with E-state index in [4.69, 9.17) is 0 Å². The summed E-state index contributed by atoms with van der Waals surface area (Å²) < 4.78 is 39.0. The molecule has 1 aliphatic rings. The molecule has 0 aromatic heterocycles. The normalized spacial score (nSPS) is 17.5. The second-order valence-corrected chi connectivity index (χ2v) is 6.04. The van der Waals surface area contributed by atoms with Crippen LogP contribution in [0, 0.1) is 5.92 Å².